The fourth-order valence-electron chi connectivity index (χ4n) is 3.77. The van der Waals surface area contributed by atoms with Gasteiger partial charge in [-0.2, -0.15) is 0 Å². The van der Waals surface area contributed by atoms with E-state index in [1.807, 2.05) is 30.3 Å². The molecule has 4 nitrogen and oxygen atoms in total. The van der Waals surface area contributed by atoms with Crippen molar-refractivity contribution in [2.75, 3.05) is 26.2 Å². The number of likely N-dealkylation sites (N-methyl/N-ethyl adjacent to an activating group) is 1. The van der Waals surface area contributed by atoms with Crippen LogP contribution in [0.1, 0.15) is 51.5 Å². The number of carbonyl (C=O) groups is 1. The monoisotopic (exact) mass is 332 g/mol. The maximum Gasteiger partial charge on any atom is 0.256 e. The van der Waals surface area contributed by atoms with Crippen molar-refractivity contribution in [3.63, 3.8) is 0 Å². The van der Waals surface area contributed by atoms with Gasteiger partial charge in [-0.3, -0.25) is 4.79 Å². The van der Waals surface area contributed by atoms with E-state index < -0.39 is 5.60 Å². The highest BCUT2D eigenvalue weighted by Crippen LogP contribution is 2.39. The Hall–Kier alpha value is -1.39. The fourth-order valence-corrected chi connectivity index (χ4v) is 3.77. The molecule has 2 rings (SSSR count). The van der Waals surface area contributed by atoms with Crippen LogP contribution in [0.3, 0.4) is 0 Å². The molecule has 1 atom stereocenters. The molecule has 0 radical (unpaired) electrons. The number of hydrogen-bond acceptors (Lipinski definition) is 3. The van der Waals surface area contributed by atoms with Gasteiger partial charge in [0.25, 0.3) is 5.91 Å². The quantitative estimate of drug-likeness (QED) is 0.769. The lowest BCUT2D eigenvalue weighted by atomic mass is 9.73. The smallest absolute Gasteiger partial charge is 0.256 e. The van der Waals surface area contributed by atoms with E-state index in [4.69, 9.17) is 0 Å². The molecule has 1 aliphatic carbocycles. The molecule has 1 aromatic carbocycles. The minimum Gasteiger partial charge on any atom is -0.375 e. The molecule has 0 aliphatic heterocycles. The van der Waals surface area contributed by atoms with Gasteiger partial charge in [0, 0.05) is 19.0 Å². The highest BCUT2D eigenvalue weighted by molar-refractivity contribution is 5.86. The number of nitrogens with one attached hydrogen (secondary N) is 1. The SMILES string of the molecule is CCN(CC)CCNC(=O)C(O)(c1ccccc1)C1CCCCC1. The summed E-state index contributed by atoms with van der Waals surface area (Å²) < 4.78 is 0. The fraction of sp³-hybridized carbons (Fsp3) is 0.650. The molecule has 0 heterocycles. The third-order valence-corrected chi connectivity index (χ3v) is 5.36. The van der Waals surface area contributed by atoms with Crippen molar-refractivity contribution in [1.29, 1.82) is 0 Å². The summed E-state index contributed by atoms with van der Waals surface area (Å²) in [5.74, 6) is -0.241. The number of rotatable bonds is 8. The van der Waals surface area contributed by atoms with E-state index in [-0.39, 0.29) is 11.8 Å². The first-order valence-electron chi connectivity index (χ1n) is 9.41. The van der Waals surface area contributed by atoms with Crippen LogP contribution < -0.4 is 5.32 Å². The van der Waals surface area contributed by atoms with Crippen LogP contribution in [-0.4, -0.2) is 42.1 Å². The Balaban J connectivity index is 2.11. The van der Waals surface area contributed by atoms with E-state index in [0.717, 1.165) is 50.9 Å². The summed E-state index contributed by atoms with van der Waals surface area (Å²) in [6.45, 7) is 7.56. The van der Waals surface area contributed by atoms with Crippen molar-refractivity contribution in [2.45, 2.75) is 51.6 Å². The van der Waals surface area contributed by atoms with Gasteiger partial charge in [-0.1, -0.05) is 63.4 Å². The second kappa shape index (κ2) is 9.19. The number of benzene rings is 1. The molecule has 1 fully saturated rings. The topological polar surface area (TPSA) is 52.6 Å². The van der Waals surface area contributed by atoms with E-state index in [9.17, 15) is 9.90 Å². The van der Waals surface area contributed by atoms with Crippen LogP contribution in [0.15, 0.2) is 30.3 Å². The van der Waals surface area contributed by atoms with Gasteiger partial charge in [-0.15, -0.1) is 0 Å². The minimum atomic E-state index is -1.41. The highest BCUT2D eigenvalue weighted by Gasteiger charge is 2.45. The van der Waals surface area contributed by atoms with Gasteiger partial charge in [0.2, 0.25) is 0 Å². The summed E-state index contributed by atoms with van der Waals surface area (Å²) in [6, 6.07) is 9.46. The molecule has 0 spiro atoms. The Morgan fingerprint density at radius 1 is 1.17 bits per heavy atom. The first-order valence-corrected chi connectivity index (χ1v) is 9.41. The number of amides is 1. The van der Waals surface area contributed by atoms with Crippen LogP contribution in [0.25, 0.3) is 0 Å². The molecule has 24 heavy (non-hydrogen) atoms. The summed E-state index contributed by atoms with van der Waals surface area (Å²) in [5, 5.41) is 14.4. The average molecular weight is 332 g/mol. The normalized spacial score (nSPS) is 18.3. The molecule has 1 unspecified atom stereocenters. The summed E-state index contributed by atoms with van der Waals surface area (Å²) in [6.07, 6.45) is 5.20. The maximum absolute atomic E-state index is 12.9. The zero-order valence-electron chi connectivity index (χ0n) is 15.1. The molecular formula is C20H32N2O2. The Morgan fingerprint density at radius 2 is 1.79 bits per heavy atom. The molecule has 4 heteroatoms. The van der Waals surface area contributed by atoms with Crippen LogP contribution in [0, 0.1) is 5.92 Å². The van der Waals surface area contributed by atoms with E-state index in [1.165, 1.54) is 6.42 Å². The zero-order valence-corrected chi connectivity index (χ0v) is 15.1. The van der Waals surface area contributed by atoms with Gasteiger partial charge >= 0.3 is 0 Å². The summed E-state index contributed by atoms with van der Waals surface area (Å²) in [4.78, 5) is 15.2. The van der Waals surface area contributed by atoms with Crippen molar-refractivity contribution < 1.29 is 9.90 Å². The Morgan fingerprint density at radius 3 is 2.38 bits per heavy atom. The van der Waals surface area contributed by atoms with Crippen LogP contribution in [0.2, 0.25) is 0 Å². The first-order chi connectivity index (χ1) is 11.6. The number of aliphatic hydroxyl groups is 1. The third kappa shape index (κ3) is 4.37. The van der Waals surface area contributed by atoms with E-state index in [0.29, 0.717) is 6.54 Å². The molecule has 1 aliphatic rings. The largest absolute Gasteiger partial charge is 0.375 e. The van der Waals surface area contributed by atoms with Crippen molar-refractivity contribution in [3.8, 4) is 0 Å². The average Bonchev–Trinajstić information content (AvgIpc) is 2.65. The highest BCUT2D eigenvalue weighted by atomic mass is 16.3. The van der Waals surface area contributed by atoms with E-state index in [2.05, 4.69) is 24.1 Å². The van der Waals surface area contributed by atoms with E-state index in [1.54, 1.807) is 0 Å². The van der Waals surface area contributed by atoms with Crippen molar-refractivity contribution in [2.24, 2.45) is 5.92 Å². The third-order valence-electron chi connectivity index (χ3n) is 5.36. The lowest BCUT2D eigenvalue weighted by Gasteiger charge is -2.37. The molecule has 1 amide bonds. The van der Waals surface area contributed by atoms with Gasteiger partial charge < -0.3 is 15.3 Å². The van der Waals surface area contributed by atoms with Crippen LogP contribution in [-0.2, 0) is 10.4 Å². The van der Waals surface area contributed by atoms with Crippen LogP contribution in [0.4, 0.5) is 0 Å². The van der Waals surface area contributed by atoms with E-state index >= 15 is 0 Å². The van der Waals surface area contributed by atoms with Crippen molar-refractivity contribution in [1.82, 2.24) is 10.2 Å². The maximum atomic E-state index is 12.9. The molecular weight excluding hydrogens is 300 g/mol. The van der Waals surface area contributed by atoms with Gasteiger partial charge in [0.15, 0.2) is 5.60 Å². The molecule has 1 saturated carbocycles. The second-order valence-electron chi connectivity index (χ2n) is 6.75. The number of nitrogens with zero attached hydrogens (tertiary/aromatic N) is 1. The molecule has 0 bridgehead atoms. The van der Waals surface area contributed by atoms with Gasteiger partial charge in [0.1, 0.15) is 0 Å². The van der Waals surface area contributed by atoms with Crippen LogP contribution in [0.5, 0.6) is 0 Å². The summed E-state index contributed by atoms with van der Waals surface area (Å²) >= 11 is 0. The van der Waals surface area contributed by atoms with Crippen molar-refractivity contribution >= 4 is 5.91 Å². The Labute approximate surface area is 146 Å². The second-order valence-corrected chi connectivity index (χ2v) is 6.75. The minimum absolute atomic E-state index is 0.00195. The Kier molecular flexibility index (Phi) is 7.25. The standard InChI is InChI=1S/C20H32N2O2/c1-3-22(4-2)16-15-21-19(23)20(24,17-11-7-5-8-12-17)18-13-9-6-10-14-18/h5,7-8,11-12,18,24H,3-4,6,9-10,13-16H2,1-2H3,(H,21,23). The molecule has 2 N–H and O–H groups in total. The Bertz CT molecular complexity index is 496. The lowest BCUT2D eigenvalue weighted by Crippen LogP contribution is -2.51. The van der Waals surface area contributed by atoms with Crippen molar-refractivity contribution in [3.05, 3.63) is 35.9 Å². The van der Waals surface area contributed by atoms with Crippen LogP contribution >= 0.6 is 0 Å². The molecule has 0 saturated heterocycles. The molecule has 134 valence electrons. The predicted octanol–water partition coefficient (Wildman–Crippen LogP) is 2.91. The van der Waals surface area contributed by atoms with Gasteiger partial charge in [-0.25, -0.2) is 0 Å². The number of carbonyl (C=O) groups excluding carboxylic acids is 1. The predicted molar refractivity (Wildman–Crippen MR) is 97.7 cm³/mol. The van der Waals surface area contributed by atoms with Gasteiger partial charge in [0.05, 0.1) is 0 Å². The first kappa shape index (κ1) is 18.9. The van der Waals surface area contributed by atoms with Gasteiger partial charge in [-0.05, 0) is 31.5 Å². The summed E-state index contributed by atoms with van der Waals surface area (Å²) in [7, 11) is 0. The molecule has 1 aromatic rings. The zero-order chi connectivity index (χ0) is 17.4. The summed E-state index contributed by atoms with van der Waals surface area (Å²) in [5.41, 5.74) is -0.692. The molecule has 0 aromatic heterocycles. The lowest BCUT2D eigenvalue weighted by molar-refractivity contribution is -0.149. The number of hydrogen-bond donors (Lipinski definition) is 2.